The van der Waals surface area contributed by atoms with Crippen LogP contribution in [0, 0.1) is 5.41 Å². The van der Waals surface area contributed by atoms with E-state index in [0.717, 1.165) is 51.0 Å². The molecule has 106 valence electrons. The summed E-state index contributed by atoms with van der Waals surface area (Å²) in [6, 6.07) is 0. The van der Waals surface area contributed by atoms with Crippen LogP contribution in [0.5, 0.6) is 0 Å². The normalized spacial score (nSPS) is 18.4. The zero-order valence-corrected chi connectivity index (χ0v) is 12.1. The Kier molecular flexibility index (Phi) is 4.75. The number of imidazole rings is 1. The summed E-state index contributed by atoms with van der Waals surface area (Å²) in [6.07, 6.45) is 9.26. The lowest BCUT2D eigenvalue weighted by Crippen LogP contribution is -2.42. The molecular formula is C15H25N3O. The average molecular weight is 263 g/mol. The summed E-state index contributed by atoms with van der Waals surface area (Å²) in [6.45, 7) is 4.14. The van der Waals surface area contributed by atoms with Gasteiger partial charge in [0.25, 0.3) is 0 Å². The minimum atomic E-state index is -0.0643. The number of carbonyl (C=O) groups is 1. The molecule has 4 nitrogen and oxygen atoms in total. The summed E-state index contributed by atoms with van der Waals surface area (Å²) in [5.74, 6) is 1.45. The molecule has 0 aromatic carbocycles. The van der Waals surface area contributed by atoms with Gasteiger partial charge in [0, 0.05) is 37.7 Å². The van der Waals surface area contributed by atoms with Gasteiger partial charge in [-0.1, -0.05) is 13.3 Å². The Bertz CT molecular complexity index is 413. The first-order valence-electron chi connectivity index (χ1n) is 7.38. The highest BCUT2D eigenvalue weighted by Crippen LogP contribution is 2.36. The van der Waals surface area contributed by atoms with Gasteiger partial charge in [-0.25, -0.2) is 4.98 Å². The first kappa shape index (κ1) is 14.3. The van der Waals surface area contributed by atoms with Crippen molar-refractivity contribution in [3.63, 3.8) is 0 Å². The first-order valence-corrected chi connectivity index (χ1v) is 7.38. The molecule has 1 saturated heterocycles. The minimum absolute atomic E-state index is 0.0643. The van der Waals surface area contributed by atoms with Gasteiger partial charge in [-0.15, -0.1) is 0 Å². The number of ketones is 1. The number of rotatable bonds is 6. The number of Topliss-reactive ketones (excluding diaryl/α,β-unsaturated/α-hetero) is 1. The topological polar surface area (TPSA) is 46.9 Å². The van der Waals surface area contributed by atoms with Crippen molar-refractivity contribution >= 4 is 5.78 Å². The van der Waals surface area contributed by atoms with Crippen molar-refractivity contribution in [3.05, 3.63) is 18.2 Å². The molecule has 2 heterocycles. The molecule has 0 radical (unpaired) electrons. The van der Waals surface area contributed by atoms with E-state index >= 15 is 0 Å². The Balaban J connectivity index is 1.97. The van der Waals surface area contributed by atoms with Crippen LogP contribution in [0.15, 0.2) is 12.4 Å². The summed E-state index contributed by atoms with van der Waals surface area (Å²) in [4.78, 5) is 17.0. The van der Waals surface area contributed by atoms with Crippen LogP contribution in [0.2, 0.25) is 0 Å². The van der Waals surface area contributed by atoms with Crippen LogP contribution in [0.4, 0.5) is 0 Å². The van der Waals surface area contributed by atoms with Crippen molar-refractivity contribution in [1.29, 1.82) is 0 Å². The van der Waals surface area contributed by atoms with E-state index in [4.69, 9.17) is 0 Å². The molecule has 1 fully saturated rings. The molecule has 0 aliphatic carbocycles. The fraction of sp³-hybridized carbons (Fsp3) is 0.733. The molecule has 0 unspecified atom stereocenters. The van der Waals surface area contributed by atoms with Crippen LogP contribution < -0.4 is 5.32 Å². The van der Waals surface area contributed by atoms with Gasteiger partial charge in [0.05, 0.1) is 0 Å². The Morgan fingerprint density at radius 1 is 1.47 bits per heavy atom. The minimum Gasteiger partial charge on any atom is -0.338 e. The van der Waals surface area contributed by atoms with Crippen molar-refractivity contribution in [2.75, 3.05) is 13.1 Å². The molecule has 0 spiro atoms. The van der Waals surface area contributed by atoms with Crippen molar-refractivity contribution in [1.82, 2.24) is 14.9 Å². The number of aryl methyl sites for hydroxylation is 2. The maximum absolute atomic E-state index is 12.7. The monoisotopic (exact) mass is 263 g/mol. The second kappa shape index (κ2) is 6.33. The average Bonchev–Trinajstić information content (AvgIpc) is 2.83. The molecule has 1 aromatic heterocycles. The van der Waals surface area contributed by atoms with E-state index in [9.17, 15) is 4.79 Å². The molecule has 19 heavy (non-hydrogen) atoms. The molecule has 1 N–H and O–H groups in total. The lowest BCUT2D eigenvalue weighted by atomic mass is 9.71. The summed E-state index contributed by atoms with van der Waals surface area (Å²) in [5.41, 5.74) is -0.0643. The Labute approximate surface area is 115 Å². The summed E-state index contributed by atoms with van der Waals surface area (Å²) < 4.78 is 2.00. The maximum atomic E-state index is 12.7. The largest absolute Gasteiger partial charge is 0.338 e. The summed E-state index contributed by atoms with van der Waals surface area (Å²) >= 11 is 0. The van der Waals surface area contributed by atoms with Crippen molar-refractivity contribution < 1.29 is 4.79 Å². The van der Waals surface area contributed by atoms with Crippen LogP contribution in [-0.2, 0) is 18.3 Å². The summed E-state index contributed by atoms with van der Waals surface area (Å²) in [5, 5.41) is 3.36. The van der Waals surface area contributed by atoms with Gasteiger partial charge >= 0.3 is 0 Å². The third kappa shape index (κ3) is 3.24. The predicted molar refractivity (Wildman–Crippen MR) is 76.0 cm³/mol. The molecule has 0 bridgehead atoms. The molecule has 0 atom stereocenters. The smallest absolute Gasteiger partial charge is 0.139 e. The van der Waals surface area contributed by atoms with Crippen molar-refractivity contribution in [2.24, 2.45) is 12.5 Å². The maximum Gasteiger partial charge on any atom is 0.139 e. The number of nitrogens with one attached hydrogen (secondary N) is 1. The third-order valence-corrected chi connectivity index (χ3v) is 4.38. The van der Waals surface area contributed by atoms with Crippen LogP contribution in [0.1, 0.15) is 44.9 Å². The van der Waals surface area contributed by atoms with Gasteiger partial charge < -0.3 is 9.88 Å². The van der Waals surface area contributed by atoms with E-state index in [-0.39, 0.29) is 5.41 Å². The molecule has 2 rings (SSSR count). The Morgan fingerprint density at radius 3 is 2.79 bits per heavy atom. The number of aromatic nitrogens is 2. The third-order valence-electron chi connectivity index (χ3n) is 4.38. The quantitative estimate of drug-likeness (QED) is 0.855. The number of carbonyl (C=O) groups excluding carboxylic acids is 1. The molecule has 1 aliphatic rings. The van der Waals surface area contributed by atoms with E-state index in [1.54, 1.807) is 6.20 Å². The van der Waals surface area contributed by atoms with Crippen LogP contribution in [-0.4, -0.2) is 28.4 Å². The van der Waals surface area contributed by atoms with Gasteiger partial charge in [0.1, 0.15) is 11.6 Å². The van der Waals surface area contributed by atoms with E-state index < -0.39 is 0 Å². The first-order chi connectivity index (χ1) is 9.18. The molecule has 4 heteroatoms. The predicted octanol–water partition coefficient (Wildman–Crippen LogP) is 2.09. The van der Waals surface area contributed by atoms with Gasteiger partial charge in [-0.05, 0) is 32.4 Å². The SMILES string of the molecule is CCCC1(C(=O)CCc2nccn2C)CCNCC1. The van der Waals surface area contributed by atoms with E-state index in [2.05, 4.69) is 17.2 Å². The van der Waals surface area contributed by atoms with E-state index in [1.807, 2.05) is 17.8 Å². The second-order valence-corrected chi connectivity index (χ2v) is 5.66. The summed E-state index contributed by atoms with van der Waals surface area (Å²) in [7, 11) is 1.99. The number of hydrogen-bond acceptors (Lipinski definition) is 3. The van der Waals surface area contributed by atoms with E-state index in [0.29, 0.717) is 12.2 Å². The lowest BCUT2D eigenvalue weighted by molar-refractivity contribution is -0.130. The Morgan fingerprint density at radius 2 is 2.21 bits per heavy atom. The van der Waals surface area contributed by atoms with Crippen LogP contribution in [0.3, 0.4) is 0 Å². The van der Waals surface area contributed by atoms with Gasteiger partial charge in [0.2, 0.25) is 0 Å². The van der Waals surface area contributed by atoms with Crippen molar-refractivity contribution in [3.8, 4) is 0 Å². The fourth-order valence-corrected chi connectivity index (χ4v) is 3.18. The van der Waals surface area contributed by atoms with Crippen LogP contribution >= 0.6 is 0 Å². The highest BCUT2D eigenvalue weighted by Gasteiger charge is 2.37. The molecule has 0 saturated carbocycles. The van der Waals surface area contributed by atoms with Gasteiger partial charge in [0.15, 0.2) is 0 Å². The van der Waals surface area contributed by atoms with E-state index in [1.165, 1.54) is 0 Å². The fourth-order valence-electron chi connectivity index (χ4n) is 3.18. The van der Waals surface area contributed by atoms with Crippen molar-refractivity contribution in [2.45, 2.75) is 45.4 Å². The molecule has 0 amide bonds. The number of hydrogen-bond donors (Lipinski definition) is 1. The van der Waals surface area contributed by atoms with Crippen LogP contribution in [0.25, 0.3) is 0 Å². The lowest BCUT2D eigenvalue weighted by Gasteiger charge is -2.36. The number of piperidine rings is 1. The second-order valence-electron chi connectivity index (χ2n) is 5.66. The molecule has 1 aromatic rings. The van der Waals surface area contributed by atoms with Gasteiger partial charge in [-0.3, -0.25) is 4.79 Å². The zero-order chi connectivity index (χ0) is 13.7. The zero-order valence-electron chi connectivity index (χ0n) is 12.1. The highest BCUT2D eigenvalue weighted by atomic mass is 16.1. The standard InChI is InChI=1S/C15H25N3O/c1-3-6-15(7-9-16-10-8-15)13(19)4-5-14-17-11-12-18(14)2/h11-12,16H,3-10H2,1-2H3. The molecule has 1 aliphatic heterocycles. The number of nitrogens with zero attached hydrogens (tertiary/aromatic N) is 2. The Hall–Kier alpha value is -1.16. The van der Waals surface area contributed by atoms with Gasteiger partial charge in [-0.2, -0.15) is 0 Å². The highest BCUT2D eigenvalue weighted by molar-refractivity contribution is 5.85. The molecular weight excluding hydrogens is 238 g/mol.